The number of hydrogen-bond acceptors (Lipinski definition) is 4. The first-order valence-corrected chi connectivity index (χ1v) is 6.63. The minimum atomic E-state index is -4.55. The van der Waals surface area contributed by atoms with Crippen molar-refractivity contribution in [2.24, 2.45) is 5.41 Å². The van der Waals surface area contributed by atoms with Gasteiger partial charge in [0.2, 0.25) is 5.95 Å². The summed E-state index contributed by atoms with van der Waals surface area (Å²) in [5, 5.41) is 12.1. The quantitative estimate of drug-likeness (QED) is 0.898. The predicted octanol–water partition coefficient (Wildman–Crippen LogP) is 2.94. The monoisotopic (exact) mass is 303 g/mol. The van der Waals surface area contributed by atoms with E-state index in [9.17, 15) is 23.1 Å². The summed E-state index contributed by atoms with van der Waals surface area (Å²) >= 11 is 0. The number of aliphatic carboxylic acids is 1. The first-order valence-electron chi connectivity index (χ1n) is 6.63. The Balaban J connectivity index is 2.22. The van der Waals surface area contributed by atoms with Gasteiger partial charge in [0.1, 0.15) is 5.69 Å². The number of aromatic nitrogens is 2. The molecule has 0 saturated heterocycles. The summed E-state index contributed by atoms with van der Waals surface area (Å²) in [5.41, 5.74) is -2.08. The summed E-state index contributed by atoms with van der Waals surface area (Å²) in [7, 11) is 0. The van der Waals surface area contributed by atoms with Crippen LogP contribution in [0.1, 0.15) is 38.3 Å². The maximum Gasteiger partial charge on any atom is 0.433 e. The van der Waals surface area contributed by atoms with Crippen molar-refractivity contribution in [1.82, 2.24) is 9.97 Å². The number of rotatable bonds is 3. The maximum atomic E-state index is 12.6. The van der Waals surface area contributed by atoms with E-state index in [0.29, 0.717) is 12.8 Å². The SMILES string of the molecule is CC1(C(=O)O)CCCCC1Nc1nccc(C(F)(F)F)n1. The summed E-state index contributed by atoms with van der Waals surface area (Å²) in [4.78, 5) is 18.6. The second-order valence-corrected chi connectivity index (χ2v) is 5.43. The van der Waals surface area contributed by atoms with Gasteiger partial charge in [0.25, 0.3) is 0 Å². The fourth-order valence-electron chi connectivity index (χ4n) is 2.56. The molecule has 1 aromatic heterocycles. The topological polar surface area (TPSA) is 75.1 Å². The Morgan fingerprint density at radius 2 is 2.19 bits per heavy atom. The number of carboxylic acid groups (broad SMARTS) is 1. The Bertz CT molecular complexity index is 536. The molecule has 0 aromatic carbocycles. The Kier molecular flexibility index (Phi) is 4.06. The fourth-order valence-corrected chi connectivity index (χ4v) is 2.56. The summed E-state index contributed by atoms with van der Waals surface area (Å²) in [5.74, 6) is -1.16. The smallest absolute Gasteiger partial charge is 0.433 e. The van der Waals surface area contributed by atoms with Gasteiger partial charge in [0.15, 0.2) is 0 Å². The van der Waals surface area contributed by atoms with Crippen LogP contribution in [0.4, 0.5) is 19.1 Å². The molecule has 1 aliphatic carbocycles. The van der Waals surface area contributed by atoms with E-state index in [2.05, 4.69) is 15.3 Å². The Labute approximate surface area is 119 Å². The molecule has 1 aromatic rings. The van der Waals surface area contributed by atoms with E-state index in [0.717, 1.165) is 25.1 Å². The van der Waals surface area contributed by atoms with Gasteiger partial charge in [-0.2, -0.15) is 13.2 Å². The van der Waals surface area contributed by atoms with Crippen LogP contribution in [0.3, 0.4) is 0 Å². The van der Waals surface area contributed by atoms with Crippen LogP contribution in [0.25, 0.3) is 0 Å². The number of carbonyl (C=O) groups is 1. The van der Waals surface area contributed by atoms with Gasteiger partial charge in [0.05, 0.1) is 5.41 Å². The van der Waals surface area contributed by atoms with Gasteiger partial charge in [-0.1, -0.05) is 12.8 Å². The zero-order valence-corrected chi connectivity index (χ0v) is 11.4. The van der Waals surface area contributed by atoms with Gasteiger partial charge >= 0.3 is 12.1 Å². The fraction of sp³-hybridized carbons (Fsp3) is 0.615. The third-order valence-corrected chi connectivity index (χ3v) is 3.95. The van der Waals surface area contributed by atoms with E-state index < -0.39 is 29.3 Å². The highest BCUT2D eigenvalue weighted by Crippen LogP contribution is 2.38. The average Bonchev–Trinajstić information content (AvgIpc) is 2.41. The van der Waals surface area contributed by atoms with Crippen LogP contribution in [0.15, 0.2) is 12.3 Å². The first kappa shape index (κ1) is 15.5. The highest BCUT2D eigenvalue weighted by Gasteiger charge is 2.43. The molecule has 0 bridgehead atoms. The van der Waals surface area contributed by atoms with Crippen molar-refractivity contribution in [3.05, 3.63) is 18.0 Å². The van der Waals surface area contributed by atoms with Crippen LogP contribution in [-0.4, -0.2) is 27.1 Å². The molecule has 21 heavy (non-hydrogen) atoms. The van der Waals surface area contributed by atoms with Gasteiger partial charge < -0.3 is 10.4 Å². The molecule has 1 heterocycles. The molecule has 2 N–H and O–H groups in total. The molecule has 116 valence electrons. The molecule has 0 radical (unpaired) electrons. The van der Waals surface area contributed by atoms with Crippen LogP contribution in [0.5, 0.6) is 0 Å². The lowest BCUT2D eigenvalue weighted by Crippen LogP contribution is -2.47. The molecular weight excluding hydrogens is 287 g/mol. The van der Waals surface area contributed by atoms with Crippen LogP contribution in [-0.2, 0) is 11.0 Å². The van der Waals surface area contributed by atoms with Gasteiger partial charge in [0, 0.05) is 12.2 Å². The molecule has 1 fully saturated rings. The second kappa shape index (κ2) is 5.50. The van der Waals surface area contributed by atoms with Gasteiger partial charge in [-0.25, -0.2) is 9.97 Å². The minimum absolute atomic E-state index is 0.191. The number of anilines is 1. The summed E-state index contributed by atoms with van der Waals surface area (Å²) in [6, 6.07) is 0.287. The molecule has 2 unspecified atom stereocenters. The number of alkyl halides is 3. The zero-order chi connectivity index (χ0) is 15.7. The first-order chi connectivity index (χ1) is 9.73. The standard InChI is InChI=1S/C13H16F3N3O2/c1-12(10(20)21)6-3-2-4-8(12)18-11-17-7-5-9(19-11)13(14,15)16/h5,7-8H,2-4,6H2,1H3,(H,20,21)(H,17,18,19). The van der Waals surface area contributed by atoms with Gasteiger partial charge in [-0.3, -0.25) is 4.79 Å². The Morgan fingerprint density at radius 3 is 2.81 bits per heavy atom. The molecule has 5 nitrogen and oxygen atoms in total. The van der Waals surface area contributed by atoms with E-state index in [-0.39, 0.29) is 5.95 Å². The van der Waals surface area contributed by atoms with Crippen LogP contribution >= 0.6 is 0 Å². The second-order valence-electron chi connectivity index (χ2n) is 5.43. The number of nitrogens with one attached hydrogen (secondary N) is 1. The van der Waals surface area contributed by atoms with Crippen molar-refractivity contribution in [1.29, 1.82) is 0 Å². The van der Waals surface area contributed by atoms with Crippen LogP contribution in [0.2, 0.25) is 0 Å². The van der Waals surface area contributed by atoms with E-state index in [1.54, 1.807) is 6.92 Å². The van der Waals surface area contributed by atoms with E-state index in [1.165, 1.54) is 0 Å². The highest BCUT2D eigenvalue weighted by molar-refractivity contribution is 5.76. The number of nitrogens with zero attached hydrogens (tertiary/aromatic N) is 2. The summed E-state index contributed by atoms with van der Waals surface area (Å²) < 4.78 is 37.8. The third kappa shape index (κ3) is 3.25. The summed E-state index contributed by atoms with van der Waals surface area (Å²) in [6.45, 7) is 1.60. The maximum absolute atomic E-state index is 12.6. The minimum Gasteiger partial charge on any atom is -0.481 e. The average molecular weight is 303 g/mol. The Morgan fingerprint density at radius 1 is 1.48 bits per heavy atom. The molecule has 1 aliphatic rings. The number of carboxylic acids is 1. The van der Waals surface area contributed by atoms with Crippen molar-refractivity contribution in [2.45, 2.75) is 44.8 Å². The summed E-state index contributed by atoms with van der Waals surface area (Å²) in [6.07, 6.45) is -0.910. The van der Waals surface area contributed by atoms with Crippen molar-refractivity contribution >= 4 is 11.9 Å². The lowest BCUT2D eigenvalue weighted by molar-refractivity contribution is -0.150. The van der Waals surface area contributed by atoms with Crippen LogP contribution < -0.4 is 5.32 Å². The lowest BCUT2D eigenvalue weighted by atomic mass is 9.72. The van der Waals surface area contributed by atoms with E-state index in [4.69, 9.17) is 0 Å². The molecule has 2 rings (SSSR count). The zero-order valence-electron chi connectivity index (χ0n) is 11.4. The molecule has 2 atom stereocenters. The Hall–Kier alpha value is -1.86. The molecular formula is C13H16F3N3O2. The molecule has 8 heteroatoms. The van der Waals surface area contributed by atoms with Crippen molar-refractivity contribution in [3.63, 3.8) is 0 Å². The highest BCUT2D eigenvalue weighted by atomic mass is 19.4. The van der Waals surface area contributed by atoms with E-state index in [1.807, 2.05) is 0 Å². The molecule has 0 aliphatic heterocycles. The number of hydrogen-bond donors (Lipinski definition) is 2. The van der Waals surface area contributed by atoms with Crippen molar-refractivity contribution < 1.29 is 23.1 Å². The third-order valence-electron chi connectivity index (χ3n) is 3.95. The van der Waals surface area contributed by atoms with E-state index >= 15 is 0 Å². The predicted molar refractivity (Wildman–Crippen MR) is 68.7 cm³/mol. The van der Waals surface area contributed by atoms with Crippen molar-refractivity contribution in [3.8, 4) is 0 Å². The molecule has 1 saturated carbocycles. The largest absolute Gasteiger partial charge is 0.481 e. The van der Waals surface area contributed by atoms with Gasteiger partial charge in [-0.05, 0) is 25.8 Å². The number of halogens is 3. The van der Waals surface area contributed by atoms with Crippen molar-refractivity contribution in [2.75, 3.05) is 5.32 Å². The normalized spacial score (nSPS) is 26.4. The molecule has 0 amide bonds. The van der Waals surface area contributed by atoms with Crippen LogP contribution in [0, 0.1) is 5.41 Å². The van der Waals surface area contributed by atoms with Gasteiger partial charge in [-0.15, -0.1) is 0 Å². The molecule has 0 spiro atoms. The lowest BCUT2D eigenvalue weighted by Gasteiger charge is -2.38.